The van der Waals surface area contributed by atoms with Crippen LogP contribution in [0.3, 0.4) is 0 Å². The quantitative estimate of drug-likeness (QED) is 0.473. The van der Waals surface area contributed by atoms with Gasteiger partial charge in [-0.2, -0.15) is 0 Å². The van der Waals surface area contributed by atoms with E-state index < -0.39 is 11.4 Å². The van der Waals surface area contributed by atoms with Crippen LogP contribution in [0.25, 0.3) is 0 Å². The first-order chi connectivity index (χ1) is 3.70. The maximum absolute atomic E-state index is 10.2. The number of aromatic amines is 2. The number of nitrogens with zero attached hydrogens (tertiary/aromatic N) is 1. The molecule has 0 aliphatic heterocycles. The average molecular weight is 136 g/mol. The van der Waals surface area contributed by atoms with Crippen molar-refractivity contribution < 1.29 is 0 Å². The van der Waals surface area contributed by atoms with Crippen molar-refractivity contribution in [3.05, 3.63) is 21.0 Å². The molecular weight excluding hydrogens is 133 g/mol. The first-order valence-corrected chi connectivity index (χ1v) is 2.11. The van der Waals surface area contributed by atoms with Gasteiger partial charge in [0.05, 0.1) is 0 Å². The molecule has 0 spiro atoms. The van der Waals surface area contributed by atoms with E-state index in [9.17, 15) is 9.59 Å². The second-order valence-corrected chi connectivity index (χ2v) is 1.49. The summed E-state index contributed by atoms with van der Waals surface area (Å²) in [5.74, 6) is 0. The van der Waals surface area contributed by atoms with E-state index in [0.717, 1.165) is 0 Å². The van der Waals surface area contributed by atoms with Crippen molar-refractivity contribution in [2.24, 2.45) is 0 Å². The van der Waals surface area contributed by atoms with Crippen LogP contribution in [0.2, 0.25) is 0 Å². The molecule has 1 heterocycles. The molecule has 44 valence electrons. The van der Waals surface area contributed by atoms with Crippen LogP contribution in [0.1, 0.15) is 0 Å². The Hall–Kier alpha value is -0.970. The molecule has 0 aliphatic rings. The number of halogens is 1. The van der Waals surface area contributed by atoms with Crippen LogP contribution in [-0.2, 0) is 0 Å². The summed E-state index contributed by atoms with van der Waals surface area (Å²) < 4.78 is 0.544. The first kappa shape index (κ1) is 5.17. The van der Waals surface area contributed by atoms with Crippen molar-refractivity contribution in [2.75, 3.05) is 0 Å². The zero-order valence-electron chi connectivity index (χ0n) is 3.64. The Bertz CT molecular complexity index is 280. The second kappa shape index (κ2) is 1.52. The van der Waals surface area contributed by atoms with Gasteiger partial charge in [0.15, 0.2) is 0 Å². The molecule has 1 aromatic heterocycles. The summed E-state index contributed by atoms with van der Waals surface area (Å²) in [6.45, 7) is 0. The van der Waals surface area contributed by atoms with Crippen LogP contribution in [0.4, 0.5) is 0 Å². The highest BCUT2D eigenvalue weighted by Gasteiger charge is 1.91. The molecule has 0 bridgehead atoms. The van der Waals surface area contributed by atoms with Gasteiger partial charge in [-0.05, 0) is 0 Å². The molecule has 1 aromatic rings. The summed E-state index contributed by atoms with van der Waals surface area (Å²) >= 11 is 5.05. The highest BCUT2D eigenvalue weighted by atomic mass is 35.5. The molecule has 0 saturated carbocycles. The molecule has 0 amide bonds. The molecule has 6 heteroatoms. The maximum Gasteiger partial charge on any atom is 0.359 e. The predicted molar refractivity (Wildman–Crippen MR) is 26.9 cm³/mol. The van der Waals surface area contributed by atoms with Gasteiger partial charge >= 0.3 is 11.4 Å². The number of hydrogen-bond acceptors (Lipinski definition) is 2. The van der Waals surface area contributed by atoms with Crippen LogP contribution < -0.4 is 11.4 Å². The van der Waals surface area contributed by atoms with E-state index in [1.807, 2.05) is 10.1 Å². The number of aromatic nitrogens is 3. The Morgan fingerprint density at radius 3 is 2.25 bits per heavy atom. The number of nitrogens with one attached hydrogen (secondary N) is 2. The Balaban J connectivity index is 3.59. The lowest BCUT2D eigenvalue weighted by atomic mass is 11.2. The largest absolute Gasteiger partial charge is 0.359 e. The number of hydrogen-bond donors (Lipinski definition) is 2. The van der Waals surface area contributed by atoms with Gasteiger partial charge in [0.2, 0.25) is 0 Å². The van der Waals surface area contributed by atoms with Gasteiger partial charge in [0.25, 0.3) is 0 Å². The molecule has 0 aromatic carbocycles. The molecule has 0 atom stereocenters. The maximum atomic E-state index is 10.2. The first-order valence-electron chi connectivity index (χ1n) is 1.77. The van der Waals surface area contributed by atoms with E-state index in [0.29, 0.717) is 4.20 Å². The van der Waals surface area contributed by atoms with Gasteiger partial charge in [-0.1, -0.05) is 0 Å². The fourth-order valence-corrected chi connectivity index (χ4v) is 0.433. The van der Waals surface area contributed by atoms with Gasteiger partial charge < -0.3 is 0 Å². The molecule has 2 N–H and O–H groups in total. The minimum absolute atomic E-state index is 0.544. The van der Waals surface area contributed by atoms with Crippen molar-refractivity contribution in [1.29, 1.82) is 0 Å². The number of H-pyrrole nitrogens is 2. The van der Waals surface area contributed by atoms with Crippen molar-refractivity contribution in [2.45, 2.75) is 0 Å². The molecule has 1 rings (SSSR count). The topological polar surface area (TPSA) is 70.7 Å². The SMILES string of the molecule is O=c1[nH]c(=O)n(Cl)[nH]1. The molecule has 8 heavy (non-hydrogen) atoms. The molecule has 0 aliphatic carbocycles. The summed E-state index contributed by atoms with van der Waals surface area (Å²) in [5, 5.41) is 1.97. The predicted octanol–water partition coefficient (Wildman–Crippen LogP) is -1.13. The lowest BCUT2D eigenvalue weighted by molar-refractivity contribution is 0.938. The van der Waals surface area contributed by atoms with Gasteiger partial charge in [0.1, 0.15) is 0 Å². The van der Waals surface area contributed by atoms with E-state index in [1.165, 1.54) is 0 Å². The van der Waals surface area contributed by atoms with Crippen LogP contribution in [0, 0.1) is 0 Å². The lowest BCUT2D eigenvalue weighted by Gasteiger charge is -1.71. The van der Waals surface area contributed by atoms with Crippen molar-refractivity contribution >= 4 is 11.8 Å². The van der Waals surface area contributed by atoms with E-state index in [1.54, 1.807) is 0 Å². The van der Waals surface area contributed by atoms with Crippen LogP contribution >= 0.6 is 11.8 Å². The number of rotatable bonds is 0. The third kappa shape index (κ3) is 0.671. The lowest BCUT2D eigenvalue weighted by Crippen LogP contribution is -2.09. The van der Waals surface area contributed by atoms with Crippen LogP contribution in [-0.4, -0.2) is 14.3 Å². The van der Waals surface area contributed by atoms with Crippen LogP contribution in [0.15, 0.2) is 9.59 Å². The van der Waals surface area contributed by atoms with Crippen molar-refractivity contribution in [3.63, 3.8) is 0 Å². The molecule has 0 unspecified atom stereocenters. The monoisotopic (exact) mass is 135 g/mol. The molecule has 0 radical (unpaired) electrons. The summed E-state index contributed by atoms with van der Waals surface area (Å²) in [7, 11) is 0. The third-order valence-corrected chi connectivity index (χ3v) is 0.837. The minimum Gasteiger partial charge on any atom is -0.256 e. The van der Waals surface area contributed by atoms with E-state index in [-0.39, 0.29) is 0 Å². The summed E-state index contributed by atoms with van der Waals surface area (Å²) in [4.78, 5) is 22.2. The highest BCUT2D eigenvalue weighted by molar-refractivity contribution is 6.14. The zero-order chi connectivity index (χ0) is 6.15. The van der Waals surface area contributed by atoms with Crippen molar-refractivity contribution in [1.82, 2.24) is 14.3 Å². The Kier molecular flexibility index (Phi) is 0.980. The Labute approximate surface area is 48.0 Å². The van der Waals surface area contributed by atoms with Crippen LogP contribution in [0.5, 0.6) is 0 Å². The molecule has 5 nitrogen and oxygen atoms in total. The van der Waals surface area contributed by atoms with Gasteiger partial charge in [-0.25, -0.2) is 14.7 Å². The van der Waals surface area contributed by atoms with Gasteiger partial charge in [-0.3, -0.25) is 4.98 Å². The molecular formula is C2H2ClN3O2. The minimum atomic E-state index is -0.656. The fourth-order valence-electron chi connectivity index (χ4n) is 0.314. The average Bonchev–Trinajstić information content (AvgIpc) is 1.85. The summed E-state index contributed by atoms with van der Waals surface area (Å²) in [6.07, 6.45) is 0. The third-order valence-electron chi connectivity index (χ3n) is 0.598. The zero-order valence-corrected chi connectivity index (χ0v) is 4.40. The van der Waals surface area contributed by atoms with Crippen molar-refractivity contribution in [3.8, 4) is 0 Å². The Morgan fingerprint density at radius 2 is 2.12 bits per heavy atom. The highest BCUT2D eigenvalue weighted by Crippen LogP contribution is 1.64. The summed E-state index contributed by atoms with van der Waals surface area (Å²) in [6, 6.07) is 0. The smallest absolute Gasteiger partial charge is 0.256 e. The van der Waals surface area contributed by atoms with E-state index >= 15 is 0 Å². The fraction of sp³-hybridized carbons (Fsp3) is 0. The molecule has 0 fully saturated rings. The second-order valence-electron chi connectivity index (χ2n) is 1.15. The van der Waals surface area contributed by atoms with E-state index in [2.05, 4.69) is 0 Å². The summed E-state index contributed by atoms with van der Waals surface area (Å²) in [5.41, 5.74) is -1.26. The van der Waals surface area contributed by atoms with Gasteiger partial charge in [-0.15, -0.1) is 4.20 Å². The Morgan fingerprint density at radius 1 is 1.50 bits per heavy atom. The van der Waals surface area contributed by atoms with E-state index in [4.69, 9.17) is 11.8 Å². The normalized spacial score (nSPS) is 9.62. The standard InChI is InChI=1S/C2H2ClN3O2/c3-6-2(8)4-1(7)5-6/h(H2,4,5,7,8). The molecule has 0 saturated heterocycles. The van der Waals surface area contributed by atoms with Gasteiger partial charge in [0, 0.05) is 11.8 Å².